The molecule has 1 heterocycles. The van der Waals surface area contributed by atoms with Gasteiger partial charge in [-0.3, -0.25) is 19.5 Å². The van der Waals surface area contributed by atoms with E-state index in [1.165, 1.54) is 23.9 Å². The van der Waals surface area contributed by atoms with Gasteiger partial charge in [0.25, 0.3) is 11.2 Å². The normalized spacial score (nSPS) is 11.1. The fourth-order valence-electron chi connectivity index (χ4n) is 2.71. The van der Waals surface area contributed by atoms with Crippen LogP contribution in [0.25, 0.3) is 10.9 Å². The van der Waals surface area contributed by atoms with E-state index in [4.69, 9.17) is 16.3 Å². The number of ether oxygens (including phenoxy) is 1. The summed E-state index contributed by atoms with van der Waals surface area (Å²) in [5, 5.41) is 12.4. The number of nitrogens with zero attached hydrogens (tertiary/aromatic N) is 3. The van der Waals surface area contributed by atoms with Gasteiger partial charge in [-0.1, -0.05) is 35.5 Å². The quantitative estimate of drug-likeness (QED) is 0.178. The average molecular weight is 420 g/mol. The van der Waals surface area contributed by atoms with Crippen LogP contribution in [0.4, 0.5) is 5.69 Å². The van der Waals surface area contributed by atoms with Crippen molar-refractivity contribution in [3.05, 3.63) is 73.5 Å². The minimum absolute atomic E-state index is 0.0451. The third-order valence-electron chi connectivity index (χ3n) is 4.13. The maximum absolute atomic E-state index is 12.9. The number of methoxy groups -OCH3 is 1. The number of fused-ring (bicyclic) bond motifs is 1. The Bertz CT molecular complexity index is 1050. The second-order valence-electron chi connectivity index (χ2n) is 6.07. The zero-order valence-corrected chi connectivity index (χ0v) is 16.7. The lowest BCUT2D eigenvalue weighted by Crippen LogP contribution is -2.24. The molecule has 0 amide bonds. The first-order chi connectivity index (χ1) is 13.5. The predicted octanol–water partition coefficient (Wildman–Crippen LogP) is 4.29. The number of nitro groups is 1. The molecule has 0 atom stereocenters. The maximum Gasteiger partial charge on any atom is 0.269 e. The Morgan fingerprint density at radius 3 is 2.68 bits per heavy atom. The highest BCUT2D eigenvalue weighted by Crippen LogP contribution is 2.24. The highest BCUT2D eigenvalue weighted by molar-refractivity contribution is 7.98. The van der Waals surface area contributed by atoms with Crippen molar-refractivity contribution in [1.82, 2.24) is 9.55 Å². The van der Waals surface area contributed by atoms with Gasteiger partial charge in [-0.15, -0.1) is 0 Å². The van der Waals surface area contributed by atoms with E-state index >= 15 is 0 Å². The van der Waals surface area contributed by atoms with Gasteiger partial charge in [0, 0.05) is 43.2 Å². The molecule has 3 rings (SSSR count). The lowest BCUT2D eigenvalue weighted by atomic mass is 10.2. The highest BCUT2D eigenvalue weighted by Gasteiger charge is 2.13. The van der Waals surface area contributed by atoms with E-state index in [1.807, 2.05) is 0 Å². The van der Waals surface area contributed by atoms with Crippen LogP contribution in [0.1, 0.15) is 12.0 Å². The smallest absolute Gasteiger partial charge is 0.269 e. The molecule has 2 aromatic carbocycles. The Kier molecular flexibility index (Phi) is 6.66. The third kappa shape index (κ3) is 4.70. The molecule has 0 saturated heterocycles. The third-order valence-corrected chi connectivity index (χ3v) is 5.41. The number of benzene rings is 2. The fraction of sp³-hybridized carbons (Fsp3) is 0.263. The summed E-state index contributed by atoms with van der Waals surface area (Å²) in [5.41, 5.74) is 1.37. The van der Waals surface area contributed by atoms with Gasteiger partial charge in [-0.25, -0.2) is 4.98 Å². The molecule has 0 spiro atoms. The fourth-order valence-corrected chi connectivity index (χ4v) is 3.86. The van der Waals surface area contributed by atoms with Crippen LogP contribution in [0.15, 0.2) is 52.4 Å². The number of non-ortho nitro benzene ring substituents is 1. The van der Waals surface area contributed by atoms with Crippen molar-refractivity contribution < 1.29 is 9.66 Å². The van der Waals surface area contributed by atoms with Crippen molar-refractivity contribution >= 4 is 40.0 Å². The zero-order valence-electron chi connectivity index (χ0n) is 15.1. The van der Waals surface area contributed by atoms with Crippen LogP contribution in [0.3, 0.4) is 0 Å². The lowest BCUT2D eigenvalue weighted by molar-refractivity contribution is -0.384. The van der Waals surface area contributed by atoms with Crippen molar-refractivity contribution in [1.29, 1.82) is 0 Å². The Morgan fingerprint density at radius 1 is 1.25 bits per heavy atom. The van der Waals surface area contributed by atoms with Gasteiger partial charge in [0.2, 0.25) is 0 Å². The summed E-state index contributed by atoms with van der Waals surface area (Å²) in [5.74, 6) is 0.529. The molecule has 0 aliphatic heterocycles. The molecule has 1 aromatic heterocycles. The number of hydrogen-bond donors (Lipinski definition) is 0. The SMILES string of the molecule is COCCCn1c(SCc2ccc([N+](=O)[O-])cc2)nc2cc(Cl)ccc2c1=O. The summed E-state index contributed by atoms with van der Waals surface area (Å²) in [6.45, 7) is 1.03. The Labute approximate surface area is 170 Å². The monoisotopic (exact) mass is 419 g/mol. The lowest BCUT2D eigenvalue weighted by Gasteiger charge is -2.13. The first-order valence-corrected chi connectivity index (χ1v) is 9.91. The number of thioether (sulfide) groups is 1. The summed E-state index contributed by atoms with van der Waals surface area (Å²) in [4.78, 5) is 27.9. The molecule has 0 bridgehead atoms. The van der Waals surface area contributed by atoms with Crippen molar-refractivity contribution in [2.75, 3.05) is 13.7 Å². The number of halogens is 1. The second kappa shape index (κ2) is 9.18. The molecule has 146 valence electrons. The molecular weight excluding hydrogens is 402 g/mol. The molecule has 28 heavy (non-hydrogen) atoms. The Balaban J connectivity index is 1.91. The van der Waals surface area contributed by atoms with Crippen LogP contribution in [-0.4, -0.2) is 28.2 Å². The van der Waals surface area contributed by atoms with Crippen LogP contribution in [0, 0.1) is 10.1 Å². The van der Waals surface area contributed by atoms with E-state index < -0.39 is 4.92 Å². The van der Waals surface area contributed by atoms with Gasteiger partial charge in [0.15, 0.2) is 5.16 Å². The summed E-state index contributed by atoms with van der Waals surface area (Å²) >= 11 is 7.46. The summed E-state index contributed by atoms with van der Waals surface area (Å²) < 4.78 is 6.74. The van der Waals surface area contributed by atoms with E-state index in [-0.39, 0.29) is 11.2 Å². The highest BCUT2D eigenvalue weighted by atomic mass is 35.5. The molecule has 0 aliphatic carbocycles. The van der Waals surface area contributed by atoms with Gasteiger partial charge in [-0.2, -0.15) is 0 Å². The van der Waals surface area contributed by atoms with Gasteiger partial charge < -0.3 is 4.74 Å². The molecule has 3 aromatic rings. The van der Waals surface area contributed by atoms with Crippen molar-refractivity contribution in [3.8, 4) is 0 Å². The standard InChI is InChI=1S/C19H18ClN3O4S/c1-27-10-2-9-22-18(24)16-8-5-14(20)11-17(16)21-19(22)28-12-13-3-6-15(7-4-13)23(25)26/h3-8,11H,2,9-10,12H2,1H3. The molecule has 9 heteroatoms. The minimum atomic E-state index is -0.432. The molecular formula is C19H18ClN3O4S. The van der Waals surface area contributed by atoms with Crippen LogP contribution in [-0.2, 0) is 17.0 Å². The van der Waals surface area contributed by atoms with Gasteiger partial charge >= 0.3 is 0 Å². The average Bonchev–Trinajstić information content (AvgIpc) is 2.68. The molecule has 0 saturated carbocycles. The van der Waals surface area contributed by atoms with Crippen LogP contribution < -0.4 is 5.56 Å². The Hall–Kier alpha value is -2.42. The van der Waals surface area contributed by atoms with Crippen LogP contribution in [0.5, 0.6) is 0 Å². The molecule has 0 radical (unpaired) electrons. The van der Waals surface area contributed by atoms with Crippen LogP contribution >= 0.6 is 23.4 Å². The molecule has 0 aliphatic rings. The van der Waals surface area contributed by atoms with Crippen molar-refractivity contribution in [3.63, 3.8) is 0 Å². The number of hydrogen-bond acceptors (Lipinski definition) is 6. The topological polar surface area (TPSA) is 87.3 Å². The number of nitro benzene ring substituents is 1. The van der Waals surface area contributed by atoms with Crippen molar-refractivity contribution in [2.24, 2.45) is 0 Å². The van der Waals surface area contributed by atoms with E-state index in [0.29, 0.717) is 46.4 Å². The second-order valence-corrected chi connectivity index (χ2v) is 7.45. The molecule has 0 unspecified atom stereocenters. The van der Waals surface area contributed by atoms with Crippen molar-refractivity contribution in [2.45, 2.75) is 23.9 Å². The van der Waals surface area contributed by atoms with E-state index in [0.717, 1.165) is 5.56 Å². The van der Waals surface area contributed by atoms with Gasteiger partial charge in [-0.05, 0) is 30.2 Å². The van der Waals surface area contributed by atoms with Gasteiger partial charge in [0.1, 0.15) is 0 Å². The maximum atomic E-state index is 12.9. The first kappa shape index (κ1) is 20.3. The summed E-state index contributed by atoms with van der Waals surface area (Å²) in [6.07, 6.45) is 0.683. The van der Waals surface area contributed by atoms with E-state index in [2.05, 4.69) is 4.98 Å². The first-order valence-electron chi connectivity index (χ1n) is 8.55. The van der Waals surface area contributed by atoms with E-state index in [1.54, 1.807) is 42.0 Å². The zero-order chi connectivity index (χ0) is 20.1. The summed E-state index contributed by atoms with van der Waals surface area (Å²) in [6, 6.07) is 11.4. The molecule has 7 nitrogen and oxygen atoms in total. The minimum Gasteiger partial charge on any atom is -0.385 e. The number of aromatic nitrogens is 2. The summed E-state index contributed by atoms with van der Waals surface area (Å²) in [7, 11) is 1.62. The van der Waals surface area contributed by atoms with Gasteiger partial charge in [0.05, 0.1) is 15.8 Å². The largest absolute Gasteiger partial charge is 0.385 e. The van der Waals surface area contributed by atoms with E-state index in [9.17, 15) is 14.9 Å². The predicted molar refractivity (Wildman–Crippen MR) is 110 cm³/mol. The molecule has 0 fully saturated rings. The molecule has 0 N–H and O–H groups in total. The Morgan fingerprint density at radius 2 is 2.00 bits per heavy atom. The number of rotatable bonds is 8. The van der Waals surface area contributed by atoms with Crippen LogP contribution in [0.2, 0.25) is 5.02 Å².